The summed E-state index contributed by atoms with van der Waals surface area (Å²) in [5.74, 6) is -0.930. The fourth-order valence-corrected chi connectivity index (χ4v) is 2.19. The lowest BCUT2D eigenvalue weighted by Gasteiger charge is -2.07. The first-order valence-corrected chi connectivity index (χ1v) is 7.35. The van der Waals surface area contributed by atoms with Crippen LogP contribution in [0.4, 0.5) is 0 Å². The Morgan fingerprint density at radius 3 is 2.52 bits per heavy atom. The summed E-state index contributed by atoms with van der Waals surface area (Å²) in [6.45, 7) is 0.0405. The molecule has 2 aromatic carbocycles. The SMILES string of the molecule is COC(=O)c1cccc(COC(=O)c2cccc(-n3cnnn3)c2)c1. The van der Waals surface area contributed by atoms with Crippen LogP contribution in [0, 0.1) is 0 Å². The van der Waals surface area contributed by atoms with E-state index >= 15 is 0 Å². The minimum Gasteiger partial charge on any atom is -0.465 e. The van der Waals surface area contributed by atoms with Crippen LogP contribution in [-0.2, 0) is 16.1 Å². The molecule has 8 nitrogen and oxygen atoms in total. The summed E-state index contributed by atoms with van der Waals surface area (Å²) in [5.41, 5.74) is 2.11. The van der Waals surface area contributed by atoms with Gasteiger partial charge in [0, 0.05) is 0 Å². The Kier molecular flexibility index (Phi) is 4.79. The maximum absolute atomic E-state index is 12.2. The summed E-state index contributed by atoms with van der Waals surface area (Å²) in [6, 6.07) is 13.5. The van der Waals surface area contributed by atoms with Gasteiger partial charge in [0.25, 0.3) is 0 Å². The van der Waals surface area contributed by atoms with Crippen LogP contribution in [0.1, 0.15) is 26.3 Å². The smallest absolute Gasteiger partial charge is 0.338 e. The molecule has 0 saturated heterocycles. The van der Waals surface area contributed by atoms with Gasteiger partial charge in [-0.25, -0.2) is 14.3 Å². The molecule has 1 heterocycles. The van der Waals surface area contributed by atoms with Crippen molar-refractivity contribution in [1.29, 1.82) is 0 Å². The first-order valence-electron chi connectivity index (χ1n) is 7.35. The Labute approximate surface area is 143 Å². The molecule has 1 aromatic heterocycles. The molecule has 25 heavy (non-hydrogen) atoms. The van der Waals surface area contributed by atoms with Gasteiger partial charge in [-0.1, -0.05) is 18.2 Å². The highest BCUT2D eigenvalue weighted by molar-refractivity contribution is 5.90. The van der Waals surface area contributed by atoms with Crippen molar-refractivity contribution >= 4 is 11.9 Å². The monoisotopic (exact) mass is 338 g/mol. The van der Waals surface area contributed by atoms with Gasteiger partial charge in [0.05, 0.1) is 23.9 Å². The molecule has 0 bridgehead atoms. The third-order valence-corrected chi connectivity index (χ3v) is 3.41. The van der Waals surface area contributed by atoms with E-state index in [1.54, 1.807) is 48.5 Å². The number of hydrogen-bond donors (Lipinski definition) is 0. The fraction of sp³-hybridized carbons (Fsp3) is 0.118. The van der Waals surface area contributed by atoms with Crippen molar-refractivity contribution < 1.29 is 19.1 Å². The molecule has 0 aliphatic carbocycles. The largest absolute Gasteiger partial charge is 0.465 e. The number of benzene rings is 2. The summed E-state index contributed by atoms with van der Waals surface area (Å²) >= 11 is 0. The van der Waals surface area contributed by atoms with E-state index in [-0.39, 0.29) is 6.61 Å². The van der Waals surface area contributed by atoms with Crippen molar-refractivity contribution in [3.8, 4) is 5.69 Å². The first-order chi connectivity index (χ1) is 12.2. The van der Waals surface area contributed by atoms with Crippen LogP contribution in [0.15, 0.2) is 54.9 Å². The van der Waals surface area contributed by atoms with Gasteiger partial charge in [-0.2, -0.15) is 0 Å². The number of rotatable bonds is 5. The zero-order valence-corrected chi connectivity index (χ0v) is 13.3. The van der Waals surface area contributed by atoms with Crippen molar-refractivity contribution in [2.45, 2.75) is 6.61 Å². The molecule has 0 N–H and O–H groups in total. The minimum atomic E-state index is -0.488. The van der Waals surface area contributed by atoms with Crippen LogP contribution in [-0.4, -0.2) is 39.3 Å². The van der Waals surface area contributed by atoms with Crippen LogP contribution in [0.25, 0.3) is 5.69 Å². The van der Waals surface area contributed by atoms with Gasteiger partial charge < -0.3 is 9.47 Å². The molecule has 8 heteroatoms. The van der Waals surface area contributed by atoms with Crippen LogP contribution >= 0.6 is 0 Å². The average molecular weight is 338 g/mol. The number of ether oxygens (including phenoxy) is 2. The topological polar surface area (TPSA) is 96.2 Å². The van der Waals surface area contributed by atoms with Crippen LogP contribution in [0.3, 0.4) is 0 Å². The highest BCUT2D eigenvalue weighted by Crippen LogP contribution is 2.12. The van der Waals surface area contributed by atoms with E-state index < -0.39 is 11.9 Å². The Morgan fingerprint density at radius 2 is 1.80 bits per heavy atom. The lowest BCUT2D eigenvalue weighted by molar-refractivity contribution is 0.0472. The minimum absolute atomic E-state index is 0.0405. The molecule has 0 aliphatic rings. The van der Waals surface area contributed by atoms with E-state index in [1.165, 1.54) is 18.1 Å². The van der Waals surface area contributed by atoms with E-state index in [9.17, 15) is 9.59 Å². The third-order valence-electron chi connectivity index (χ3n) is 3.41. The Balaban J connectivity index is 1.69. The molecule has 126 valence electrons. The second-order valence-electron chi connectivity index (χ2n) is 5.07. The van der Waals surface area contributed by atoms with Crippen LogP contribution in [0.5, 0.6) is 0 Å². The van der Waals surface area contributed by atoms with Gasteiger partial charge >= 0.3 is 11.9 Å². The molecule has 3 rings (SSSR count). The van der Waals surface area contributed by atoms with Crippen molar-refractivity contribution in [3.05, 3.63) is 71.5 Å². The van der Waals surface area contributed by atoms with Gasteiger partial charge in [-0.05, 0) is 46.3 Å². The van der Waals surface area contributed by atoms with Crippen LogP contribution in [0.2, 0.25) is 0 Å². The maximum Gasteiger partial charge on any atom is 0.338 e. The number of tetrazole rings is 1. The predicted molar refractivity (Wildman–Crippen MR) is 86.1 cm³/mol. The molecule has 0 amide bonds. The Hall–Kier alpha value is -3.55. The normalized spacial score (nSPS) is 10.3. The van der Waals surface area contributed by atoms with Gasteiger partial charge in [-0.3, -0.25) is 0 Å². The summed E-state index contributed by atoms with van der Waals surface area (Å²) in [5, 5.41) is 10.9. The molecule has 0 radical (unpaired) electrons. The second-order valence-corrected chi connectivity index (χ2v) is 5.07. The van der Waals surface area contributed by atoms with Crippen LogP contribution < -0.4 is 0 Å². The fourth-order valence-electron chi connectivity index (χ4n) is 2.19. The van der Waals surface area contributed by atoms with E-state index in [1.807, 2.05) is 0 Å². The Bertz CT molecular complexity index is 893. The number of methoxy groups -OCH3 is 1. The third kappa shape index (κ3) is 3.86. The van der Waals surface area contributed by atoms with Gasteiger partial charge in [0.15, 0.2) is 0 Å². The lowest BCUT2D eigenvalue weighted by Crippen LogP contribution is -2.07. The van der Waals surface area contributed by atoms with Gasteiger partial charge in [0.2, 0.25) is 0 Å². The van der Waals surface area contributed by atoms with Crippen molar-refractivity contribution in [1.82, 2.24) is 20.2 Å². The highest BCUT2D eigenvalue weighted by Gasteiger charge is 2.11. The molecular formula is C17H14N4O4. The number of aromatic nitrogens is 4. The molecule has 0 unspecified atom stereocenters. The zero-order chi connectivity index (χ0) is 17.6. The van der Waals surface area contributed by atoms with Gasteiger partial charge in [-0.15, -0.1) is 5.10 Å². The number of esters is 2. The van der Waals surface area contributed by atoms with Crippen molar-refractivity contribution in [3.63, 3.8) is 0 Å². The van der Waals surface area contributed by atoms with E-state index in [4.69, 9.17) is 4.74 Å². The predicted octanol–water partition coefficient (Wildman–Crippen LogP) is 1.81. The average Bonchev–Trinajstić information content (AvgIpc) is 3.20. The first kappa shape index (κ1) is 16.3. The standard InChI is InChI=1S/C17H14N4O4/c1-24-16(22)13-5-2-4-12(8-13)10-25-17(23)14-6-3-7-15(9-14)21-11-18-19-20-21/h2-9,11H,10H2,1H3. The van der Waals surface area contributed by atoms with E-state index in [0.29, 0.717) is 22.4 Å². The molecular weight excluding hydrogens is 324 g/mol. The quantitative estimate of drug-likeness (QED) is 0.654. The summed E-state index contributed by atoms with van der Waals surface area (Å²) in [4.78, 5) is 23.8. The molecule has 0 atom stereocenters. The molecule has 3 aromatic rings. The lowest BCUT2D eigenvalue weighted by atomic mass is 10.1. The number of nitrogens with zero attached hydrogens (tertiary/aromatic N) is 4. The number of carbonyl (C=O) groups excluding carboxylic acids is 2. The summed E-state index contributed by atoms with van der Waals surface area (Å²) in [6.07, 6.45) is 1.43. The highest BCUT2D eigenvalue weighted by atomic mass is 16.5. The van der Waals surface area contributed by atoms with E-state index in [0.717, 1.165) is 0 Å². The summed E-state index contributed by atoms with van der Waals surface area (Å²) in [7, 11) is 1.31. The van der Waals surface area contributed by atoms with Crippen molar-refractivity contribution in [2.75, 3.05) is 7.11 Å². The zero-order valence-electron chi connectivity index (χ0n) is 13.3. The molecule has 0 saturated carbocycles. The second kappa shape index (κ2) is 7.35. The number of hydrogen-bond acceptors (Lipinski definition) is 7. The Morgan fingerprint density at radius 1 is 1.04 bits per heavy atom. The molecule has 0 fully saturated rings. The van der Waals surface area contributed by atoms with Gasteiger partial charge in [0.1, 0.15) is 12.9 Å². The van der Waals surface area contributed by atoms with Crippen molar-refractivity contribution in [2.24, 2.45) is 0 Å². The maximum atomic E-state index is 12.2. The molecule has 0 aliphatic heterocycles. The van der Waals surface area contributed by atoms with E-state index in [2.05, 4.69) is 20.3 Å². The molecule has 0 spiro atoms. The summed E-state index contributed by atoms with van der Waals surface area (Å²) < 4.78 is 11.4. The number of carbonyl (C=O) groups is 2.